The van der Waals surface area contributed by atoms with Crippen LogP contribution in [-0.2, 0) is 19.9 Å². The summed E-state index contributed by atoms with van der Waals surface area (Å²) in [6, 6.07) is 11.0. The van der Waals surface area contributed by atoms with Crippen LogP contribution in [0.1, 0.15) is 18.9 Å². The predicted octanol–water partition coefficient (Wildman–Crippen LogP) is 1.68. The summed E-state index contributed by atoms with van der Waals surface area (Å²) in [5.41, 5.74) is 0.243. The second-order valence-electron chi connectivity index (χ2n) is 4.94. The smallest absolute Gasteiger partial charge is 0.314 e. The molecule has 2 N–H and O–H groups in total. The first kappa shape index (κ1) is 16.7. The van der Waals surface area contributed by atoms with Gasteiger partial charge < -0.3 is 14.6 Å². The van der Waals surface area contributed by atoms with Crippen LogP contribution >= 0.6 is 0 Å². The largest absolute Gasteiger partial charge is 0.372 e. The van der Waals surface area contributed by atoms with Crippen LogP contribution in [0.3, 0.4) is 0 Å². The fourth-order valence-electron chi connectivity index (χ4n) is 2.26. The third-order valence-corrected chi connectivity index (χ3v) is 3.68. The van der Waals surface area contributed by atoms with Gasteiger partial charge in [0.25, 0.3) is 0 Å². The molecule has 23 heavy (non-hydrogen) atoms. The maximum atomic E-state index is 11.9. The van der Waals surface area contributed by atoms with Gasteiger partial charge in [0, 0.05) is 13.2 Å². The molecule has 1 heterocycles. The Kier molecular flexibility index (Phi) is 5.48. The van der Waals surface area contributed by atoms with Crippen molar-refractivity contribution in [3.63, 3.8) is 0 Å². The van der Waals surface area contributed by atoms with Gasteiger partial charge in [-0.25, -0.2) is 0 Å². The van der Waals surface area contributed by atoms with Crippen molar-refractivity contribution in [1.29, 1.82) is 0 Å². The van der Waals surface area contributed by atoms with E-state index in [4.69, 9.17) is 4.74 Å². The van der Waals surface area contributed by atoms with Gasteiger partial charge in [-0.1, -0.05) is 42.4 Å². The molecule has 2 rings (SSSR count). The molecule has 0 aliphatic heterocycles. The summed E-state index contributed by atoms with van der Waals surface area (Å²) in [5.74, 6) is -1.39. The molecular weight excluding hydrogens is 298 g/mol. The maximum Gasteiger partial charge on any atom is 0.314 e. The first-order valence-corrected chi connectivity index (χ1v) is 7.21. The molecule has 7 nitrogen and oxygen atoms in total. The zero-order valence-corrected chi connectivity index (χ0v) is 13.0. The van der Waals surface area contributed by atoms with Crippen molar-refractivity contribution in [2.24, 2.45) is 0 Å². The summed E-state index contributed by atoms with van der Waals surface area (Å²) in [5, 5.41) is 8.45. The Bertz CT molecular complexity index is 637. The Morgan fingerprint density at radius 3 is 2.52 bits per heavy atom. The van der Waals surface area contributed by atoms with Crippen LogP contribution in [0.2, 0.25) is 0 Å². The van der Waals surface area contributed by atoms with E-state index in [9.17, 15) is 9.59 Å². The van der Waals surface area contributed by atoms with Gasteiger partial charge in [-0.2, -0.15) is 0 Å². The highest BCUT2D eigenvalue weighted by Gasteiger charge is 2.31. The lowest BCUT2D eigenvalue weighted by Crippen LogP contribution is -2.45. The predicted molar refractivity (Wildman–Crippen MR) is 83.6 cm³/mol. The summed E-state index contributed by atoms with van der Waals surface area (Å²) in [4.78, 5) is 23.7. The number of rotatable bonds is 6. The minimum Gasteiger partial charge on any atom is -0.372 e. The normalized spacial score (nSPS) is 13.1. The van der Waals surface area contributed by atoms with Crippen molar-refractivity contribution >= 4 is 17.6 Å². The van der Waals surface area contributed by atoms with E-state index < -0.39 is 17.4 Å². The van der Waals surface area contributed by atoms with Crippen LogP contribution < -0.4 is 10.6 Å². The Morgan fingerprint density at radius 1 is 1.22 bits per heavy atom. The number of aromatic nitrogens is 1. The van der Waals surface area contributed by atoms with E-state index in [1.165, 1.54) is 12.3 Å². The number of carbonyl (C=O) groups is 2. The molecule has 7 heteroatoms. The minimum atomic E-state index is -0.812. The lowest BCUT2D eigenvalue weighted by atomic mass is 9.90. The van der Waals surface area contributed by atoms with Crippen molar-refractivity contribution in [1.82, 2.24) is 10.5 Å². The molecule has 0 aliphatic carbocycles. The summed E-state index contributed by atoms with van der Waals surface area (Å²) < 4.78 is 10.2. The average Bonchev–Trinajstić information content (AvgIpc) is 3.10. The number of carbonyl (C=O) groups excluding carboxylic acids is 2. The molecule has 0 saturated carbocycles. The molecule has 1 atom stereocenters. The molecule has 2 amide bonds. The van der Waals surface area contributed by atoms with Crippen LogP contribution in [0.15, 0.2) is 47.2 Å². The second kappa shape index (κ2) is 7.55. The highest BCUT2D eigenvalue weighted by atomic mass is 16.5. The van der Waals surface area contributed by atoms with Gasteiger partial charge >= 0.3 is 11.8 Å². The third kappa shape index (κ3) is 3.95. The van der Waals surface area contributed by atoms with Gasteiger partial charge in [0.2, 0.25) is 0 Å². The first-order valence-electron chi connectivity index (χ1n) is 7.21. The van der Waals surface area contributed by atoms with E-state index in [-0.39, 0.29) is 12.4 Å². The first-order chi connectivity index (χ1) is 11.1. The van der Waals surface area contributed by atoms with Crippen LogP contribution in [-0.4, -0.2) is 30.6 Å². The van der Waals surface area contributed by atoms with Gasteiger partial charge in [-0.05, 0) is 12.0 Å². The Morgan fingerprint density at radius 2 is 1.96 bits per heavy atom. The van der Waals surface area contributed by atoms with E-state index >= 15 is 0 Å². The SMILES string of the molecule is CCC(CNC(=O)C(=O)Nc1ccon1)(OC)c1ccccc1. The molecule has 0 radical (unpaired) electrons. The molecule has 1 aromatic carbocycles. The van der Waals surface area contributed by atoms with Crippen LogP contribution in [0.4, 0.5) is 5.82 Å². The number of benzene rings is 1. The highest BCUT2D eigenvalue weighted by Crippen LogP contribution is 2.27. The minimum absolute atomic E-state index is 0.176. The van der Waals surface area contributed by atoms with E-state index in [0.29, 0.717) is 6.42 Å². The summed E-state index contributed by atoms with van der Waals surface area (Å²) in [7, 11) is 1.58. The van der Waals surface area contributed by atoms with Gasteiger partial charge in [-0.15, -0.1) is 0 Å². The van der Waals surface area contributed by atoms with Crippen molar-refractivity contribution in [2.75, 3.05) is 19.0 Å². The molecule has 2 aromatic rings. The molecule has 0 fully saturated rings. The highest BCUT2D eigenvalue weighted by molar-refractivity contribution is 6.39. The number of nitrogens with one attached hydrogen (secondary N) is 2. The number of hydrogen-bond donors (Lipinski definition) is 2. The molecular formula is C16H19N3O4. The summed E-state index contributed by atoms with van der Waals surface area (Å²) in [6.45, 7) is 2.13. The van der Waals surface area contributed by atoms with E-state index in [0.717, 1.165) is 5.56 Å². The summed E-state index contributed by atoms with van der Waals surface area (Å²) >= 11 is 0. The van der Waals surface area contributed by atoms with Gasteiger partial charge in [0.15, 0.2) is 5.82 Å². The van der Waals surface area contributed by atoms with Gasteiger partial charge in [0.1, 0.15) is 11.9 Å². The molecule has 0 bridgehead atoms. The quantitative estimate of drug-likeness (QED) is 0.791. The Labute approximate surface area is 134 Å². The van der Waals surface area contributed by atoms with Crippen molar-refractivity contribution in [3.05, 3.63) is 48.2 Å². The lowest BCUT2D eigenvalue weighted by Gasteiger charge is -2.32. The zero-order valence-electron chi connectivity index (χ0n) is 13.0. The number of anilines is 1. The number of methoxy groups -OCH3 is 1. The number of amides is 2. The Hall–Kier alpha value is -2.67. The Balaban J connectivity index is 2.01. The van der Waals surface area contributed by atoms with Gasteiger partial charge in [-0.3, -0.25) is 14.9 Å². The number of hydrogen-bond acceptors (Lipinski definition) is 5. The molecule has 0 saturated heterocycles. The van der Waals surface area contributed by atoms with Crippen molar-refractivity contribution < 1.29 is 18.8 Å². The van der Waals surface area contributed by atoms with E-state index in [1.54, 1.807) is 7.11 Å². The standard InChI is InChI=1S/C16H19N3O4/c1-3-16(22-2,12-7-5-4-6-8-12)11-17-14(20)15(21)18-13-9-10-23-19-13/h4-10H,3,11H2,1-2H3,(H,17,20)(H,18,19,21). The lowest BCUT2D eigenvalue weighted by molar-refractivity contribution is -0.137. The topological polar surface area (TPSA) is 93.5 Å². The van der Waals surface area contributed by atoms with Crippen molar-refractivity contribution in [2.45, 2.75) is 18.9 Å². The zero-order chi connectivity index (χ0) is 16.7. The average molecular weight is 317 g/mol. The third-order valence-electron chi connectivity index (χ3n) is 3.68. The fourth-order valence-corrected chi connectivity index (χ4v) is 2.26. The maximum absolute atomic E-state index is 11.9. The number of nitrogens with zero attached hydrogens (tertiary/aromatic N) is 1. The molecule has 0 aliphatic rings. The molecule has 122 valence electrons. The fraction of sp³-hybridized carbons (Fsp3) is 0.312. The second-order valence-corrected chi connectivity index (χ2v) is 4.94. The monoisotopic (exact) mass is 317 g/mol. The molecule has 1 aromatic heterocycles. The van der Waals surface area contributed by atoms with E-state index in [1.807, 2.05) is 37.3 Å². The molecule has 0 spiro atoms. The molecule has 1 unspecified atom stereocenters. The van der Waals surface area contributed by atoms with Crippen LogP contribution in [0.25, 0.3) is 0 Å². The van der Waals surface area contributed by atoms with Gasteiger partial charge in [0.05, 0.1) is 6.54 Å². The summed E-state index contributed by atoms with van der Waals surface area (Å²) in [6.07, 6.45) is 1.94. The van der Waals surface area contributed by atoms with Crippen LogP contribution in [0, 0.1) is 0 Å². The number of ether oxygens (including phenoxy) is 1. The van der Waals surface area contributed by atoms with E-state index in [2.05, 4.69) is 20.3 Å². The van der Waals surface area contributed by atoms with Crippen molar-refractivity contribution in [3.8, 4) is 0 Å². The van der Waals surface area contributed by atoms with Crippen LogP contribution in [0.5, 0.6) is 0 Å².